The minimum atomic E-state index is -0.379. The molecule has 2 heterocycles. The fourth-order valence-electron chi connectivity index (χ4n) is 2.29. The van der Waals surface area contributed by atoms with Crippen LogP contribution in [0, 0.1) is 0 Å². The molecule has 2 aromatic heterocycles. The highest BCUT2D eigenvalue weighted by atomic mass is 35.5. The van der Waals surface area contributed by atoms with Crippen molar-refractivity contribution in [1.29, 1.82) is 0 Å². The van der Waals surface area contributed by atoms with Crippen LogP contribution in [0.1, 0.15) is 13.8 Å². The van der Waals surface area contributed by atoms with E-state index in [0.29, 0.717) is 20.9 Å². The minimum Gasteiger partial charge on any atom is -0.324 e. The van der Waals surface area contributed by atoms with Crippen molar-refractivity contribution in [3.8, 4) is 10.7 Å². The summed E-state index contributed by atoms with van der Waals surface area (Å²) < 4.78 is 2.01. The normalized spacial score (nSPS) is 12.2. The summed E-state index contributed by atoms with van der Waals surface area (Å²) in [5, 5.41) is 14.6. The zero-order chi connectivity index (χ0) is 18.7. The Balaban J connectivity index is 1.74. The second-order valence-electron chi connectivity index (χ2n) is 5.40. The average Bonchev–Trinajstić information content (AvgIpc) is 3.27. The van der Waals surface area contributed by atoms with Crippen molar-refractivity contribution >= 4 is 57.9 Å². The molecule has 1 unspecified atom stereocenters. The van der Waals surface area contributed by atoms with Gasteiger partial charge < -0.3 is 9.88 Å². The third kappa shape index (κ3) is 4.23. The molecular formula is C17H16Cl2N4OS2. The molecule has 0 fully saturated rings. The maximum Gasteiger partial charge on any atom is 0.237 e. The molecule has 136 valence electrons. The number of anilines is 1. The number of rotatable bonds is 6. The van der Waals surface area contributed by atoms with Crippen molar-refractivity contribution in [1.82, 2.24) is 14.8 Å². The van der Waals surface area contributed by atoms with E-state index in [1.54, 1.807) is 29.5 Å². The van der Waals surface area contributed by atoms with Crippen LogP contribution in [0.2, 0.25) is 10.0 Å². The third-order valence-corrected chi connectivity index (χ3v) is 6.12. The van der Waals surface area contributed by atoms with Crippen LogP contribution in [-0.4, -0.2) is 25.9 Å². The molecule has 1 N–H and O–H groups in total. The van der Waals surface area contributed by atoms with Crippen LogP contribution in [-0.2, 0) is 11.3 Å². The van der Waals surface area contributed by atoms with E-state index in [4.69, 9.17) is 23.2 Å². The van der Waals surface area contributed by atoms with Crippen LogP contribution < -0.4 is 5.32 Å². The van der Waals surface area contributed by atoms with E-state index in [9.17, 15) is 4.79 Å². The Kier molecular flexibility index (Phi) is 6.24. The lowest BCUT2D eigenvalue weighted by atomic mass is 10.3. The van der Waals surface area contributed by atoms with Gasteiger partial charge in [0.15, 0.2) is 11.0 Å². The van der Waals surface area contributed by atoms with Gasteiger partial charge in [-0.3, -0.25) is 4.79 Å². The predicted octanol–water partition coefficient (Wildman–Crippen LogP) is 5.45. The fraction of sp³-hybridized carbons (Fsp3) is 0.235. The van der Waals surface area contributed by atoms with Gasteiger partial charge >= 0.3 is 0 Å². The van der Waals surface area contributed by atoms with Gasteiger partial charge in [0.05, 0.1) is 20.8 Å². The number of benzene rings is 1. The molecule has 1 aromatic carbocycles. The van der Waals surface area contributed by atoms with Crippen LogP contribution in [0.3, 0.4) is 0 Å². The standard InChI is InChI=1S/C17H16Cl2N4OS2/c1-3-23-15(14-5-4-8-25-14)21-22-17(23)26-10(2)16(24)20-13-9-11(18)6-7-12(13)19/h4-10H,3H2,1-2H3,(H,20,24). The number of thioether (sulfide) groups is 1. The van der Waals surface area contributed by atoms with Crippen LogP contribution >= 0.6 is 46.3 Å². The van der Waals surface area contributed by atoms with E-state index in [1.165, 1.54) is 11.8 Å². The molecule has 3 rings (SSSR count). The maximum atomic E-state index is 12.5. The molecule has 9 heteroatoms. The molecule has 26 heavy (non-hydrogen) atoms. The van der Waals surface area contributed by atoms with E-state index in [1.807, 2.05) is 35.9 Å². The van der Waals surface area contributed by atoms with Crippen molar-refractivity contribution in [3.05, 3.63) is 45.8 Å². The van der Waals surface area contributed by atoms with Gasteiger partial charge in [0.1, 0.15) is 0 Å². The summed E-state index contributed by atoms with van der Waals surface area (Å²) in [7, 11) is 0. The first kappa shape index (κ1) is 19.2. The van der Waals surface area contributed by atoms with E-state index in [0.717, 1.165) is 17.2 Å². The first-order chi connectivity index (χ1) is 12.5. The van der Waals surface area contributed by atoms with Gasteiger partial charge in [-0.15, -0.1) is 21.5 Å². The van der Waals surface area contributed by atoms with E-state index < -0.39 is 0 Å². The Bertz CT molecular complexity index is 912. The molecule has 1 atom stereocenters. The highest BCUT2D eigenvalue weighted by molar-refractivity contribution is 8.00. The molecule has 0 saturated heterocycles. The summed E-state index contributed by atoms with van der Waals surface area (Å²) >= 11 is 15.0. The van der Waals surface area contributed by atoms with Crippen molar-refractivity contribution in [2.75, 3.05) is 5.32 Å². The lowest BCUT2D eigenvalue weighted by Crippen LogP contribution is -2.23. The highest BCUT2D eigenvalue weighted by Crippen LogP contribution is 2.30. The summed E-state index contributed by atoms with van der Waals surface area (Å²) in [4.78, 5) is 13.6. The molecule has 0 saturated carbocycles. The third-order valence-electron chi connectivity index (χ3n) is 3.61. The summed E-state index contributed by atoms with van der Waals surface area (Å²) in [6.45, 7) is 4.57. The predicted molar refractivity (Wildman–Crippen MR) is 109 cm³/mol. The topological polar surface area (TPSA) is 59.8 Å². The number of nitrogens with one attached hydrogen (secondary N) is 1. The van der Waals surface area contributed by atoms with E-state index in [-0.39, 0.29) is 11.2 Å². The molecule has 5 nitrogen and oxygen atoms in total. The summed E-state index contributed by atoms with van der Waals surface area (Å²) in [6.07, 6.45) is 0. The SMILES string of the molecule is CCn1c(SC(C)C(=O)Nc2cc(Cl)ccc2Cl)nnc1-c1cccs1. The second kappa shape index (κ2) is 8.43. The van der Waals surface area contributed by atoms with Crippen molar-refractivity contribution in [3.63, 3.8) is 0 Å². The molecular weight excluding hydrogens is 411 g/mol. The number of hydrogen-bond donors (Lipinski definition) is 1. The zero-order valence-electron chi connectivity index (χ0n) is 14.1. The molecule has 0 radical (unpaired) electrons. The molecule has 1 amide bonds. The Morgan fingerprint density at radius 2 is 2.15 bits per heavy atom. The first-order valence-corrected chi connectivity index (χ1v) is 10.4. The number of aromatic nitrogens is 3. The number of halogens is 2. The fourth-order valence-corrected chi connectivity index (χ4v) is 4.26. The number of carbonyl (C=O) groups is 1. The molecule has 0 aliphatic carbocycles. The molecule has 0 aliphatic rings. The largest absolute Gasteiger partial charge is 0.324 e. The summed E-state index contributed by atoms with van der Waals surface area (Å²) in [5.41, 5.74) is 0.493. The van der Waals surface area contributed by atoms with Crippen molar-refractivity contribution in [2.24, 2.45) is 0 Å². The van der Waals surface area contributed by atoms with E-state index >= 15 is 0 Å². The number of amides is 1. The quantitative estimate of drug-likeness (QED) is 0.532. The van der Waals surface area contributed by atoms with Gasteiger partial charge in [-0.05, 0) is 43.5 Å². The Morgan fingerprint density at radius 3 is 2.85 bits per heavy atom. The summed E-state index contributed by atoms with van der Waals surface area (Å²) in [5.74, 6) is 0.637. The maximum absolute atomic E-state index is 12.5. The van der Waals surface area contributed by atoms with Crippen LogP contribution in [0.15, 0.2) is 40.9 Å². The van der Waals surface area contributed by atoms with Crippen LogP contribution in [0.25, 0.3) is 10.7 Å². The van der Waals surface area contributed by atoms with Crippen LogP contribution in [0.4, 0.5) is 5.69 Å². The van der Waals surface area contributed by atoms with Crippen molar-refractivity contribution in [2.45, 2.75) is 30.8 Å². The number of thiophene rings is 1. The van der Waals surface area contributed by atoms with Gasteiger partial charge in [-0.25, -0.2) is 0 Å². The first-order valence-electron chi connectivity index (χ1n) is 7.89. The highest BCUT2D eigenvalue weighted by Gasteiger charge is 2.21. The Hall–Kier alpha value is -1.54. The number of hydrogen-bond acceptors (Lipinski definition) is 5. The lowest BCUT2D eigenvalue weighted by molar-refractivity contribution is -0.115. The molecule has 3 aromatic rings. The van der Waals surface area contributed by atoms with Crippen molar-refractivity contribution < 1.29 is 4.79 Å². The van der Waals surface area contributed by atoms with Crippen LogP contribution in [0.5, 0.6) is 0 Å². The van der Waals surface area contributed by atoms with Gasteiger partial charge in [-0.1, -0.05) is 41.0 Å². The molecule has 0 aliphatic heterocycles. The molecule has 0 bridgehead atoms. The monoisotopic (exact) mass is 426 g/mol. The summed E-state index contributed by atoms with van der Waals surface area (Å²) in [6, 6.07) is 8.94. The Labute approximate surface area is 169 Å². The van der Waals surface area contributed by atoms with E-state index in [2.05, 4.69) is 15.5 Å². The molecule has 0 spiro atoms. The number of nitrogens with zero attached hydrogens (tertiary/aromatic N) is 3. The van der Waals surface area contributed by atoms with Gasteiger partial charge in [0.2, 0.25) is 5.91 Å². The van der Waals surface area contributed by atoms with Gasteiger partial charge in [0.25, 0.3) is 0 Å². The Morgan fingerprint density at radius 1 is 1.35 bits per heavy atom. The van der Waals surface area contributed by atoms with Gasteiger partial charge in [0, 0.05) is 11.6 Å². The zero-order valence-corrected chi connectivity index (χ0v) is 17.2. The minimum absolute atomic E-state index is 0.178. The number of carbonyl (C=O) groups excluding carboxylic acids is 1. The van der Waals surface area contributed by atoms with Gasteiger partial charge in [-0.2, -0.15) is 0 Å². The smallest absolute Gasteiger partial charge is 0.237 e. The average molecular weight is 427 g/mol. The lowest BCUT2D eigenvalue weighted by Gasteiger charge is -2.13. The second-order valence-corrected chi connectivity index (χ2v) is 8.50.